The van der Waals surface area contributed by atoms with Crippen LogP contribution < -0.4 is 5.32 Å². The minimum atomic E-state index is -0.817. The van der Waals surface area contributed by atoms with Gasteiger partial charge in [0.2, 0.25) is 0 Å². The van der Waals surface area contributed by atoms with Gasteiger partial charge in [-0.3, -0.25) is 9.69 Å². The number of hydrogen-bond donors (Lipinski definition) is 1. The maximum absolute atomic E-state index is 13.1. The fourth-order valence-electron chi connectivity index (χ4n) is 3.92. The average Bonchev–Trinajstić information content (AvgIpc) is 3.08. The number of hydrogen-bond acceptors (Lipinski definition) is 4. The molecule has 1 saturated heterocycles. The standard InChI is InChI=1S/C19H21N3O3/c1-3-16-15(12(2)25-21-16)11-22-17(23)19(20-18(22)24)9-8-13-6-4-5-7-14(13)10-19/h4-7H,3,8-11H2,1-2H3,(H,20,24). The Balaban J connectivity index is 1.62. The minimum Gasteiger partial charge on any atom is -0.361 e. The van der Waals surface area contributed by atoms with Crippen molar-refractivity contribution in [2.75, 3.05) is 0 Å². The van der Waals surface area contributed by atoms with E-state index in [0.717, 1.165) is 23.2 Å². The second-order valence-electron chi connectivity index (χ2n) is 6.87. The molecule has 2 heterocycles. The first kappa shape index (κ1) is 15.9. The molecule has 1 aliphatic carbocycles. The lowest BCUT2D eigenvalue weighted by Crippen LogP contribution is -2.51. The van der Waals surface area contributed by atoms with E-state index in [1.807, 2.05) is 32.0 Å². The summed E-state index contributed by atoms with van der Waals surface area (Å²) >= 11 is 0. The first-order valence-electron chi connectivity index (χ1n) is 8.69. The van der Waals surface area contributed by atoms with E-state index in [-0.39, 0.29) is 18.5 Å². The molecule has 0 bridgehead atoms. The van der Waals surface area contributed by atoms with Gasteiger partial charge < -0.3 is 9.84 Å². The van der Waals surface area contributed by atoms with E-state index < -0.39 is 5.54 Å². The van der Waals surface area contributed by atoms with Crippen molar-refractivity contribution in [2.45, 2.75) is 51.6 Å². The molecule has 130 valence electrons. The van der Waals surface area contributed by atoms with Gasteiger partial charge in [-0.1, -0.05) is 36.3 Å². The summed E-state index contributed by atoms with van der Waals surface area (Å²) in [6, 6.07) is 7.80. The zero-order chi connectivity index (χ0) is 17.6. The van der Waals surface area contributed by atoms with E-state index >= 15 is 0 Å². The van der Waals surface area contributed by atoms with Crippen LogP contribution in [0.5, 0.6) is 0 Å². The summed E-state index contributed by atoms with van der Waals surface area (Å²) in [5, 5.41) is 6.98. The van der Waals surface area contributed by atoms with E-state index in [1.54, 1.807) is 0 Å². The van der Waals surface area contributed by atoms with Crippen LogP contribution in [0.15, 0.2) is 28.8 Å². The van der Waals surface area contributed by atoms with Gasteiger partial charge in [0.25, 0.3) is 5.91 Å². The molecule has 0 radical (unpaired) electrons. The van der Waals surface area contributed by atoms with E-state index in [9.17, 15) is 9.59 Å². The monoisotopic (exact) mass is 339 g/mol. The third-order valence-electron chi connectivity index (χ3n) is 5.39. The highest BCUT2D eigenvalue weighted by atomic mass is 16.5. The first-order valence-corrected chi connectivity index (χ1v) is 8.69. The molecule has 2 aromatic rings. The predicted molar refractivity (Wildman–Crippen MR) is 90.9 cm³/mol. The van der Waals surface area contributed by atoms with Crippen molar-refractivity contribution < 1.29 is 14.1 Å². The zero-order valence-corrected chi connectivity index (χ0v) is 14.5. The molecule has 1 N–H and O–H groups in total. The topological polar surface area (TPSA) is 75.4 Å². The summed E-state index contributed by atoms with van der Waals surface area (Å²) in [4.78, 5) is 27.0. The average molecular weight is 339 g/mol. The maximum atomic E-state index is 13.1. The lowest BCUT2D eigenvalue weighted by Gasteiger charge is -2.32. The number of nitrogens with one attached hydrogen (secondary N) is 1. The molecule has 1 aromatic carbocycles. The number of carbonyl (C=O) groups excluding carboxylic acids is 2. The van der Waals surface area contributed by atoms with Crippen LogP contribution in [0.3, 0.4) is 0 Å². The third kappa shape index (κ3) is 2.44. The van der Waals surface area contributed by atoms with Crippen LogP contribution in [0.1, 0.15) is 41.5 Å². The van der Waals surface area contributed by atoms with E-state index in [4.69, 9.17) is 4.52 Å². The van der Waals surface area contributed by atoms with Crippen molar-refractivity contribution in [3.63, 3.8) is 0 Å². The molecule has 1 fully saturated rings. The number of amides is 3. The Hall–Kier alpha value is -2.63. The SMILES string of the molecule is CCc1noc(C)c1CN1C(=O)NC2(CCc3ccccc3C2)C1=O. The third-order valence-corrected chi connectivity index (χ3v) is 5.39. The Labute approximate surface area is 146 Å². The fourth-order valence-corrected chi connectivity index (χ4v) is 3.92. The summed E-state index contributed by atoms with van der Waals surface area (Å²) in [6.45, 7) is 4.01. The number of urea groups is 1. The van der Waals surface area contributed by atoms with Gasteiger partial charge in [-0.2, -0.15) is 0 Å². The number of nitrogens with zero attached hydrogens (tertiary/aromatic N) is 2. The lowest BCUT2D eigenvalue weighted by atomic mass is 9.78. The Kier molecular flexibility index (Phi) is 3.63. The smallest absolute Gasteiger partial charge is 0.325 e. The number of imide groups is 1. The summed E-state index contributed by atoms with van der Waals surface area (Å²) in [6.07, 6.45) is 2.68. The van der Waals surface area contributed by atoms with E-state index in [2.05, 4.69) is 16.5 Å². The maximum Gasteiger partial charge on any atom is 0.325 e. The number of carbonyl (C=O) groups is 2. The highest BCUT2D eigenvalue weighted by Crippen LogP contribution is 2.34. The van der Waals surface area contributed by atoms with Crippen molar-refractivity contribution in [1.82, 2.24) is 15.4 Å². The van der Waals surface area contributed by atoms with Gasteiger partial charge in [0.15, 0.2) is 0 Å². The van der Waals surface area contributed by atoms with E-state index in [1.165, 1.54) is 10.5 Å². The fraction of sp³-hybridized carbons (Fsp3) is 0.421. The number of aromatic nitrogens is 1. The van der Waals surface area contributed by atoms with Gasteiger partial charge in [0, 0.05) is 12.0 Å². The van der Waals surface area contributed by atoms with Crippen molar-refractivity contribution in [2.24, 2.45) is 0 Å². The highest BCUT2D eigenvalue weighted by Gasteiger charge is 2.52. The normalized spacial score (nSPS) is 22.4. The zero-order valence-electron chi connectivity index (χ0n) is 14.5. The molecule has 6 nitrogen and oxygen atoms in total. The molecule has 3 amide bonds. The van der Waals surface area contributed by atoms with Gasteiger partial charge >= 0.3 is 6.03 Å². The van der Waals surface area contributed by atoms with Crippen LogP contribution in [0.25, 0.3) is 0 Å². The molecule has 1 aromatic heterocycles. The molecule has 25 heavy (non-hydrogen) atoms. The van der Waals surface area contributed by atoms with Crippen molar-refractivity contribution in [3.8, 4) is 0 Å². The number of aryl methyl sites for hydroxylation is 3. The Morgan fingerprint density at radius 3 is 2.80 bits per heavy atom. The van der Waals surface area contributed by atoms with Gasteiger partial charge in [0.05, 0.1) is 12.2 Å². The summed E-state index contributed by atoms with van der Waals surface area (Å²) in [5.41, 5.74) is 3.21. The van der Waals surface area contributed by atoms with Crippen LogP contribution in [0, 0.1) is 6.92 Å². The molecule has 1 atom stereocenters. The lowest BCUT2D eigenvalue weighted by molar-refractivity contribution is -0.132. The van der Waals surface area contributed by atoms with Crippen LogP contribution in [0.4, 0.5) is 4.79 Å². The van der Waals surface area contributed by atoms with Crippen LogP contribution in [0.2, 0.25) is 0 Å². The molecule has 0 saturated carbocycles. The van der Waals surface area contributed by atoms with Crippen molar-refractivity contribution in [3.05, 3.63) is 52.4 Å². The second-order valence-corrected chi connectivity index (χ2v) is 6.87. The quantitative estimate of drug-likeness (QED) is 0.872. The molecular weight excluding hydrogens is 318 g/mol. The summed E-state index contributed by atoms with van der Waals surface area (Å²) in [7, 11) is 0. The number of rotatable bonds is 3. The Bertz CT molecular complexity index is 857. The molecule has 1 unspecified atom stereocenters. The van der Waals surface area contributed by atoms with Crippen LogP contribution in [-0.2, 0) is 30.6 Å². The number of fused-ring (bicyclic) bond motifs is 1. The van der Waals surface area contributed by atoms with Crippen molar-refractivity contribution >= 4 is 11.9 Å². The van der Waals surface area contributed by atoms with Crippen LogP contribution >= 0.6 is 0 Å². The molecule has 6 heteroatoms. The van der Waals surface area contributed by atoms with Gasteiger partial charge in [-0.25, -0.2) is 4.79 Å². The molecule has 4 rings (SSSR count). The van der Waals surface area contributed by atoms with Crippen molar-refractivity contribution in [1.29, 1.82) is 0 Å². The Morgan fingerprint density at radius 2 is 2.04 bits per heavy atom. The molecule has 1 aliphatic heterocycles. The second kappa shape index (κ2) is 5.72. The predicted octanol–water partition coefficient (Wildman–Crippen LogP) is 2.52. The van der Waals surface area contributed by atoms with Gasteiger partial charge in [-0.15, -0.1) is 0 Å². The molecule has 1 spiro atoms. The number of benzene rings is 1. The minimum absolute atomic E-state index is 0.144. The van der Waals surface area contributed by atoms with Crippen LogP contribution in [-0.4, -0.2) is 27.5 Å². The summed E-state index contributed by atoms with van der Waals surface area (Å²) < 4.78 is 5.23. The molecule has 2 aliphatic rings. The summed E-state index contributed by atoms with van der Waals surface area (Å²) in [5.74, 6) is 0.516. The van der Waals surface area contributed by atoms with E-state index in [0.29, 0.717) is 25.0 Å². The molecular formula is C19H21N3O3. The Morgan fingerprint density at radius 1 is 1.28 bits per heavy atom. The van der Waals surface area contributed by atoms with Gasteiger partial charge in [-0.05, 0) is 37.3 Å². The highest BCUT2D eigenvalue weighted by molar-refractivity contribution is 6.07. The first-order chi connectivity index (χ1) is 12.0. The largest absolute Gasteiger partial charge is 0.361 e. The van der Waals surface area contributed by atoms with Gasteiger partial charge in [0.1, 0.15) is 11.3 Å².